The first kappa shape index (κ1) is 33.3. The van der Waals surface area contributed by atoms with Crippen LogP contribution in [0.25, 0.3) is 0 Å². The van der Waals surface area contributed by atoms with Gasteiger partial charge in [0, 0.05) is 10.4 Å². The molecule has 0 saturated carbocycles. The van der Waals surface area contributed by atoms with Gasteiger partial charge < -0.3 is 25.5 Å². The molecule has 7 nitrogen and oxygen atoms in total. The van der Waals surface area contributed by atoms with Crippen LogP contribution in [0, 0.1) is 0 Å². The molecule has 0 bridgehead atoms. The smallest absolute Gasteiger partial charge is 0.759 e. The second-order valence-electron chi connectivity index (χ2n) is 0.408. The fraction of sp³-hybridized carbons (Fsp3) is 0. The monoisotopic (exact) mass is 358 g/mol. The Morgan fingerprint density at radius 3 is 0.889 bits per heavy atom. The fourth-order valence-corrected chi connectivity index (χ4v) is 0. The Balaban J connectivity index is -0.0000000133. The average molecular weight is 357 g/mol. The van der Waals surface area contributed by atoms with E-state index in [1.54, 1.807) is 0 Å². The van der Waals surface area contributed by atoms with Gasteiger partial charge in [-0.1, -0.05) is 0 Å². The van der Waals surface area contributed by atoms with Crippen LogP contribution in [-0.2, 0) is 10.4 Å². The maximum Gasteiger partial charge on any atom is 2.00 e. The number of hydrogen-bond acceptors (Lipinski definition) is 4. The van der Waals surface area contributed by atoms with Gasteiger partial charge in [-0.2, -0.15) is 0 Å². The fourth-order valence-electron chi connectivity index (χ4n) is 0. The van der Waals surface area contributed by atoms with Gasteiger partial charge in [0.15, 0.2) is 0 Å². The molecule has 0 saturated heterocycles. The van der Waals surface area contributed by atoms with E-state index in [9.17, 15) is 0 Å². The number of hydrogen-bond donors (Lipinski definition) is 0. The molecule has 0 aliphatic carbocycles. The molecule has 0 atom stereocenters. The Morgan fingerprint density at radius 1 is 0.889 bits per heavy atom. The molecule has 0 spiro atoms. The van der Waals surface area contributed by atoms with Crippen LogP contribution in [0.2, 0.25) is 0 Å². The summed E-state index contributed by atoms with van der Waals surface area (Å²) < 4.78 is 34.1. The second-order valence-corrected chi connectivity index (χ2v) is 1.22. The molecule has 0 amide bonds. The van der Waals surface area contributed by atoms with Gasteiger partial charge >= 0.3 is 27.3 Å². The van der Waals surface area contributed by atoms with E-state index in [0.29, 0.717) is 0 Å². The van der Waals surface area contributed by atoms with Crippen LogP contribution in [-0.4, -0.2) is 61.3 Å². The first-order valence-corrected chi connectivity index (χ1v) is 2.00. The van der Waals surface area contributed by atoms with Crippen LogP contribution in [0.15, 0.2) is 0 Å². The van der Waals surface area contributed by atoms with E-state index in [1.807, 2.05) is 0 Å². The second kappa shape index (κ2) is 11.5. The zero-order valence-electron chi connectivity index (χ0n) is 4.04. The molecule has 9 heteroatoms. The van der Waals surface area contributed by atoms with Crippen LogP contribution >= 0.6 is 0 Å². The third-order valence-corrected chi connectivity index (χ3v) is 0. The minimum atomic E-state index is -5.17. The first-order valence-electron chi connectivity index (χ1n) is 0.667. The molecule has 9 heavy (non-hydrogen) atoms. The van der Waals surface area contributed by atoms with E-state index >= 15 is 0 Å². The summed E-state index contributed by atoms with van der Waals surface area (Å²) >= 11 is 0. The third-order valence-electron chi connectivity index (χ3n) is 0. The van der Waals surface area contributed by atoms with Gasteiger partial charge in [0.1, 0.15) is 0 Å². The Hall–Kier alpha value is 0.672. The Morgan fingerprint density at radius 2 is 0.889 bits per heavy atom. The maximum atomic E-state index is 8.52. The molecule has 6 N–H and O–H groups in total. The molecule has 58 valence electrons. The molecule has 2 radical (unpaired) electrons. The minimum absolute atomic E-state index is 0. The van der Waals surface area contributed by atoms with E-state index in [1.165, 1.54) is 0 Å². The Kier molecular flexibility index (Phi) is 42.5. The summed E-state index contributed by atoms with van der Waals surface area (Å²) in [6, 6.07) is 0. The zero-order valence-corrected chi connectivity index (χ0v) is 8.75. The average Bonchev–Trinajstić information content (AvgIpc) is 0.722. The third kappa shape index (κ3) is 855. The van der Waals surface area contributed by atoms with E-state index in [2.05, 4.69) is 0 Å². The molecule has 0 unspecified atom stereocenters. The standard InChI is InChI=1S/H2O4S.3H2O.Pb/c1-5(2,3)4;;;;/h(H2,1,2,3,4);3*1H2;/q;;;;+2/p-2. The van der Waals surface area contributed by atoms with Gasteiger partial charge in [-0.05, 0) is 0 Å². The summed E-state index contributed by atoms with van der Waals surface area (Å²) in [6.07, 6.45) is 0. The predicted molar refractivity (Wildman–Crippen MR) is 27.1 cm³/mol. The number of rotatable bonds is 0. The summed E-state index contributed by atoms with van der Waals surface area (Å²) in [5, 5.41) is 0. The van der Waals surface area contributed by atoms with Crippen LogP contribution in [0.1, 0.15) is 0 Å². The van der Waals surface area contributed by atoms with E-state index in [4.69, 9.17) is 17.5 Å². The van der Waals surface area contributed by atoms with Crippen molar-refractivity contribution in [2.24, 2.45) is 0 Å². The minimum Gasteiger partial charge on any atom is -0.759 e. The van der Waals surface area contributed by atoms with Crippen molar-refractivity contribution in [3.8, 4) is 0 Å². The van der Waals surface area contributed by atoms with Gasteiger partial charge in [-0.3, -0.25) is 8.42 Å². The molecule has 0 heterocycles. The summed E-state index contributed by atoms with van der Waals surface area (Å²) in [6.45, 7) is 0. The molecule has 0 aromatic carbocycles. The van der Waals surface area contributed by atoms with E-state index < -0.39 is 10.4 Å². The zero-order chi connectivity index (χ0) is 4.50. The van der Waals surface area contributed by atoms with Crippen molar-refractivity contribution in [2.45, 2.75) is 0 Å². The van der Waals surface area contributed by atoms with Crippen molar-refractivity contribution >= 4 is 37.7 Å². The molecule has 0 rings (SSSR count). The van der Waals surface area contributed by atoms with Crippen LogP contribution in [0.3, 0.4) is 0 Å². The van der Waals surface area contributed by atoms with Crippen molar-refractivity contribution in [3.63, 3.8) is 0 Å². The van der Waals surface area contributed by atoms with Crippen LogP contribution in [0.5, 0.6) is 0 Å². The molecule has 0 fully saturated rings. The SMILES string of the molecule is O.O.O.O=S(=O)([O-])[O-].[Pb+2]. The van der Waals surface area contributed by atoms with Crippen molar-refractivity contribution < 1.29 is 34.0 Å². The predicted octanol–water partition coefficient (Wildman–Crippen LogP) is -4.19. The van der Waals surface area contributed by atoms with Crippen molar-refractivity contribution in [2.75, 3.05) is 0 Å². The summed E-state index contributed by atoms with van der Waals surface area (Å²) in [5.41, 5.74) is 0. The van der Waals surface area contributed by atoms with Crippen LogP contribution < -0.4 is 0 Å². The molecule has 0 aliphatic rings. The summed E-state index contributed by atoms with van der Waals surface area (Å²) in [4.78, 5) is 0. The van der Waals surface area contributed by atoms with Crippen molar-refractivity contribution in [3.05, 3.63) is 0 Å². The largest absolute Gasteiger partial charge is 2.00 e. The van der Waals surface area contributed by atoms with Gasteiger partial charge in [-0.25, -0.2) is 0 Å². The van der Waals surface area contributed by atoms with E-state index in [0.717, 1.165) is 0 Å². The molecule has 0 aromatic heterocycles. The topological polar surface area (TPSA) is 175 Å². The van der Waals surface area contributed by atoms with Gasteiger partial charge in [0.2, 0.25) is 0 Å². The maximum absolute atomic E-state index is 8.52. The normalized spacial score (nSPS) is 6.44. The summed E-state index contributed by atoms with van der Waals surface area (Å²) in [7, 11) is -5.17. The Labute approximate surface area is 71.7 Å². The van der Waals surface area contributed by atoms with E-state index in [-0.39, 0.29) is 43.7 Å². The van der Waals surface area contributed by atoms with Gasteiger partial charge in [0.25, 0.3) is 0 Å². The molecular formula is H6O7PbS. The molecule has 0 aromatic rings. The molecular weight excluding hydrogens is 351 g/mol. The van der Waals surface area contributed by atoms with Crippen LogP contribution in [0.4, 0.5) is 0 Å². The van der Waals surface area contributed by atoms with Gasteiger partial charge in [-0.15, -0.1) is 0 Å². The van der Waals surface area contributed by atoms with Crippen molar-refractivity contribution in [1.82, 2.24) is 0 Å². The Bertz CT molecular complexity index is 92.1. The molecule has 0 aliphatic heterocycles. The summed E-state index contributed by atoms with van der Waals surface area (Å²) in [5.74, 6) is 0. The van der Waals surface area contributed by atoms with Crippen molar-refractivity contribution in [1.29, 1.82) is 0 Å². The first-order chi connectivity index (χ1) is 2.00. The van der Waals surface area contributed by atoms with Gasteiger partial charge in [0.05, 0.1) is 0 Å². The quantitative estimate of drug-likeness (QED) is 0.243.